The molecule has 5 heteroatoms. The Hall–Kier alpha value is -2.14. The van der Waals surface area contributed by atoms with Crippen molar-refractivity contribution < 1.29 is 9.53 Å². The summed E-state index contributed by atoms with van der Waals surface area (Å²) in [4.78, 5) is 13.8. The van der Waals surface area contributed by atoms with Crippen LogP contribution in [-0.4, -0.2) is 18.7 Å². The van der Waals surface area contributed by atoms with Crippen LogP contribution >= 0.6 is 11.3 Å². The SMILES string of the molecule is Cc1cccc(OCC(=O)N/N=C/c2ccc(C)s2)c1. The Balaban J connectivity index is 1.77. The summed E-state index contributed by atoms with van der Waals surface area (Å²) in [7, 11) is 0. The van der Waals surface area contributed by atoms with Crippen molar-refractivity contribution in [3.63, 3.8) is 0 Å². The molecule has 0 saturated heterocycles. The molecule has 4 nitrogen and oxygen atoms in total. The number of ether oxygens (including phenoxy) is 1. The number of carbonyl (C=O) groups excluding carboxylic acids is 1. The summed E-state index contributed by atoms with van der Waals surface area (Å²) >= 11 is 1.62. The molecule has 0 unspecified atom stereocenters. The smallest absolute Gasteiger partial charge is 0.277 e. The van der Waals surface area contributed by atoms with Crippen molar-refractivity contribution in [2.75, 3.05) is 6.61 Å². The van der Waals surface area contributed by atoms with E-state index in [1.54, 1.807) is 17.6 Å². The van der Waals surface area contributed by atoms with Gasteiger partial charge in [-0.25, -0.2) is 5.43 Å². The second-order valence-electron chi connectivity index (χ2n) is 4.35. The highest BCUT2D eigenvalue weighted by Crippen LogP contribution is 2.12. The quantitative estimate of drug-likeness (QED) is 0.679. The van der Waals surface area contributed by atoms with Crippen LogP contribution < -0.4 is 10.2 Å². The monoisotopic (exact) mass is 288 g/mol. The zero-order valence-corrected chi connectivity index (χ0v) is 12.2. The molecule has 2 aromatic rings. The van der Waals surface area contributed by atoms with E-state index in [-0.39, 0.29) is 12.5 Å². The number of carbonyl (C=O) groups is 1. The number of amides is 1. The second-order valence-corrected chi connectivity index (χ2v) is 5.67. The van der Waals surface area contributed by atoms with Crippen LogP contribution in [0.1, 0.15) is 15.3 Å². The maximum Gasteiger partial charge on any atom is 0.277 e. The van der Waals surface area contributed by atoms with Gasteiger partial charge in [0.25, 0.3) is 5.91 Å². The molecule has 0 atom stereocenters. The molecule has 1 aromatic carbocycles. The van der Waals surface area contributed by atoms with Crippen LogP contribution in [0.15, 0.2) is 41.5 Å². The minimum atomic E-state index is -0.281. The molecule has 0 spiro atoms. The van der Waals surface area contributed by atoms with E-state index in [9.17, 15) is 4.79 Å². The zero-order chi connectivity index (χ0) is 14.4. The lowest BCUT2D eigenvalue weighted by molar-refractivity contribution is -0.123. The van der Waals surface area contributed by atoms with E-state index >= 15 is 0 Å². The Morgan fingerprint density at radius 3 is 2.90 bits per heavy atom. The van der Waals surface area contributed by atoms with Crippen molar-refractivity contribution >= 4 is 23.5 Å². The Morgan fingerprint density at radius 2 is 2.20 bits per heavy atom. The predicted octanol–water partition coefficient (Wildman–Crippen LogP) is 2.89. The number of hydrazone groups is 1. The van der Waals surface area contributed by atoms with E-state index in [0.717, 1.165) is 10.4 Å². The third-order valence-corrected chi connectivity index (χ3v) is 3.44. The molecule has 0 aliphatic carbocycles. The first-order chi connectivity index (χ1) is 9.63. The number of thiophene rings is 1. The molecule has 0 radical (unpaired) electrons. The molecule has 0 fully saturated rings. The molecule has 1 aromatic heterocycles. The minimum absolute atomic E-state index is 0.0513. The summed E-state index contributed by atoms with van der Waals surface area (Å²) in [5.41, 5.74) is 3.53. The van der Waals surface area contributed by atoms with Gasteiger partial charge >= 0.3 is 0 Å². The fourth-order valence-electron chi connectivity index (χ4n) is 1.58. The van der Waals surface area contributed by atoms with Crippen molar-refractivity contribution in [1.29, 1.82) is 0 Å². The Bertz CT molecular complexity index is 620. The van der Waals surface area contributed by atoms with E-state index in [0.29, 0.717) is 5.75 Å². The number of hydrogen-bond acceptors (Lipinski definition) is 4. The van der Waals surface area contributed by atoms with Crippen LogP contribution in [-0.2, 0) is 4.79 Å². The van der Waals surface area contributed by atoms with E-state index < -0.39 is 0 Å². The predicted molar refractivity (Wildman–Crippen MR) is 81.5 cm³/mol. The van der Waals surface area contributed by atoms with Gasteiger partial charge in [0, 0.05) is 9.75 Å². The van der Waals surface area contributed by atoms with Gasteiger partial charge in [-0.05, 0) is 43.7 Å². The molecule has 0 bridgehead atoms. The van der Waals surface area contributed by atoms with Gasteiger partial charge in [-0.3, -0.25) is 4.79 Å². The highest BCUT2D eigenvalue weighted by molar-refractivity contribution is 7.13. The maximum absolute atomic E-state index is 11.6. The van der Waals surface area contributed by atoms with Gasteiger partial charge in [-0.15, -0.1) is 11.3 Å². The summed E-state index contributed by atoms with van der Waals surface area (Å²) in [5, 5.41) is 3.89. The number of nitrogens with one attached hydrogen (secondary N) is 1. The Morgan fingerprint density at radius 1 is 1.35 bits per heavy atom. The lowest BCUT2D eigenvalue weighted by Crippen LogP contribution is -2.24. The number of hydrogen-bond donors (Lipinski definition) is 1. The summed E-state index contributed by atoms with van der Waals surface area (Å²) in [6, 6.07) is 11.5. The van der Waals surface area contributed by atoms with Crippen LogP contribution in [0.3, 0.4) is 0 Å². The lowest BCUT2D eigenvalue weighted by Gasteiger charge is -2.05. The Kier molecular flexibility index (Phi) is 4.90. The lowest BCUT2D eigenvalue weighted by atomic mass is 10.2. The Labute approximate surface area is 122 Å². The fraction of sp³-hybridized carbons (Fsp3) is 0.200. The van der Waals surface area contributed by atoms with Crippen molar-refractivity contribution in [1.82, 2.24) is 5.43 Å². The molecule has 1 amide bonds. The molecule has 104 valence electrons. The maximum atomic E-state index is 11.6. The number of aryl methyl sites for hydroxylation is 2. The fourth-order valence-corrected chi connectivity index (χ4v) is 2.33. The largest absolute Gasteiger partial charge is 0.484 e. The van der Waals surface area contributed by atoms with Crippen LogP contribution in [0.5, 0.6) is 5.75 Å². The number of rotatable bonds is 5. The van der Waals surface area contributed by atoms with Crippen LogP contribution in [0.25, 0.3) is 0 Å². The zero-order valence-electron chi connectivity index (χ0n) is 11.4. The van der Waals surface area contributed by atoms with Gasteiger partial charge in [0.15, 0.2) is 6.61 Å². The minimum Gasteiger partial charge on any atom is -0.484 e. The van der Waals surface area contributed by atoms with Crippen molar-refractivity contribution in [3.05, 3.63) is 51.7 Å². The molecule has 1 heterocycles. The first kappa shape index (κ1) is 14.3. The number of nitrogens with zero attached hydrogens (tertiary/aromatic N) is 1. The van der Waals surface area contributed by atoms with E-state index in [4.69, 9.17) is 4.74 Å². The molecule has 0 aliphatic rings. The molecule has 2 rings (SSSR count). The van der Waals surface area contributed by atoms with Crippen LogP contribution in [0.4, 0.5) is 0 Å². The summed E-state index contributed by atoms with van der Waals surface area (Å²) in [5.74, 6) is 0.397. The highest BCUT2D eigenvalue weighted by Gasteiger charge is 2.01. The third kappa shape index (κ3) is 4.51. The van der Waals surface area contributed by atoms with E-state index in [1.807, 2.05) is 50.2 Å². The summed E-state index contributed by atoms with van der Waals surface area (Å²) in [6.07, 6.45) is 1.63. The molecule has 1 N–H and O–H groups in total. The average Bonchev–Trinajstić information content (AvgIpc) is 2.82. The summed E-state index contributed by atoms with van der Waals surface area (Å²) < 4.78 is 5.37. The third-order valence-electron chi connectivity index (χ3n) is 2.50. The van der Waals surface area contributed by atoms with Gasteiger partial charge in [0.05, 0.1) is 6.21 Å². The normalized spacial score (nSPS) is 10.7. The molecule has 0 aliphatic heterocycles. The molecular formula is C15H16N2O2S. The van der Waals surface area contributed by atoms with Crippen molar-refractivity contribution in [2.45, 2.75) is 13.8 Å². The van der Waals surface area contributed by atoms with Crippen LogP contribution in [0.2, 0.25) is 0 Å². The van der Waals surface area contributed by atoms with Gasteiger partial charge < -0.3 is 4.74 Å². The first-order valence-electron chi connectivity index (χ1n) is 6.21. The average molecular weight is 288 g/mol. The van der Waals surface area contributed by atoms with Gasteiger partial charge in [0.2, 0.25) is 0 Å². The standard InChI is InChI=1S/C15H16N2O2S/c1-11-4-3-5-13(8-11)19-10-15(18)17-16-9-14-7-6-12(2)20-14/h3-9H,10H2,1-2H3,(H,17,18)/b16-9+. The summed E-state index contributed by atoms with van der Waals surface area (Å²) in [6.45, 7) is 3.95. The number of benzene rings is 1. The van der Waals surface area contributed by atoms with E-state index in [1.165, 1.54) is 4.88 Å². The molecule has 20 heavy (non-hydrogen) atoms. The van der Waals surface area contributed by atoms with Gasteiger partial charge in [-0.2, -0.15) is 5.10 Å². The molecule has 0 saturated carbocycles. The topological polar surface area (TPSA) is 50.7 Å². The second kappa shape index (κ2) is 6.86. The van der Waals surface area contributed by atoms with Gasteiger partial charge in [0.1, 0.15) is 5.75 Å². The van der Waals surface area contributed by atoms with Crippen molar-refractivity contribution in [2.24, 2.45) is 5.10 Å². The molecular weight excluding hydrogens is 272 g/mol. The highest BCUT2D eigenvalue weighted by atomic mass is 32.1. The van der Waals surface area contributed by atoms with Crippen molar-refractivity contribution in [3.8, 4) is 5.75 Å². The first-order valence-corrected chi connectivity index (χ1v) is 7.03. The van der Waals surface area contributed by atoms with Crippen LogP contribution in [0, 0.1) is 13.8 Å². The van der Waals surface area contributed by atoms with Gasteiger partial charge in [-0.1, -0.05) is 12.1 Å². The van der Waals surface area contributed by atoms with E-state index in [2.05, 4.69) is 10.5 Å².